The zero-order valence-electron chi connectivity index (χ0n) is 13.3. The lowest BCUT2D eigenvalue weighted by atomic mass is 10.4. The Morgan fingerprint density at radius 3 is 2.61 bits per heavy atom. The molecule has 0 aliphatic heterocycles. The van der Waals surface area contributed by atoms with Crippen LogP contribution >= 0.6 is 7.60 Å². The lowest BCUT2D eigenvalue weighted by molar-refractivity contribution is 0.218. The predicted octanol–water partition coefficient (Wildman–Crippen LogP) is 1.75. The Kier molecular flexibility index (Phi) is 6.27. The van der Waals surface area contributed by atoms with Gasteiger partial charge in [0.25, 0.3) is 5.56 Å². The lowest BCUT2D eigenvalue weighted by Gasteiger charge is -2.16. The van der Waals surface area contributed by atoms with E-state index in [1.165, 1.54) is 6.07 Å². The van der Waals surface area contributed by atoms with Crippen LogP contribution in [0.1, 0.15) is 19.5 Å². The third kappa shape index (κ3) is 5.13. The van der Waals surface area contributed by atoms with Crippen LogP contribution in [0.2, 0.25) is 0 Å². The van der Waals surface area contributed by atoms with Crippen LogP contribution in [0.4, 0.5) is 0 Å². The average molecular weight is 340 g/mol. The molecule has 126 valence electrons. The van der Waals surface area contributed by atoms with Crippen molar-refractivity contribution in [2.75, 3.05) is 19.4 Å². The highest BCUT2D eigenvalue weighted by Crippen LogP contribution is 2.47. The SMILES string of the molecule is CCOP(=O)(CCn1cc(Cn2ccccc2=O)nn1)OCC. The molecule has 2 aromatic heterocycles. The van der Waals surface area contributed by atoms with Crippen LogP contribution in [0, 0.1) is 0 Å². The predicted molar refractivity (Wildman–Crippen MR) is 85.6 cm³/mol. The lowest BCUT2D eigenvalue weighted by Crippen LogP contribution is -2.18. The van der Waals surface area contributed by atoms with Crippen molar-refractivity contribution in [2.45, 2.75) is 26.9 Å². The van der Waals surface area contributed by atoms with Crippen LogP contribution < -0.4 is 5.56 Å². The molecule has 0 saturated heterocycles. The molecule has 0 amide bonds. The van der Waals surface area contributed by atoms with Gasteiger partial charge in [-0.25, -0.2) is 0 Å². The number of nitrogens with zero attached hydrogens (tertiary/aromatic N) is 4. The summed E-state index contributed by atoms with van der Waals surface area (Å²) in [6.45, 7) is 4.92. The molecule has 0 saturated carbocycles. The monoisotopic (exact) mass is 340 g/mol. The minimum absolute atomic E-state index is 0.0979. The Labute approximate surface area is 134 Å². The standard InChI is InChI=1S/C14H21N4O4P/c1-3-21-23(20,22-4-2)10-9-18-12-13(15-16-18)11-17-8-6-5-7-14(17)19/h5-8,12H,3-4,9-11H2,1-2H3. The third-order valence-corrected chi connectivity index (χ3v) is 5.12. The summed E-state index contributed by atoms with van der Waals surface area (Å²) in [5.41, 5.74) is 0.556. The molecule has 0 spiro atoms. The number of pyridine rings is 1. The molecule has 8 nitrogen and oxygen atoms in total. The molecule has 2 heterocycles. The van der Waals surface area contributed by atoms with E-state index in [2.05, 4.69) is 10.3 Å². The van der Waals surface area contributed by atoms with Crippen LogP contribution in [0.5, 0.6) is 0 Å². The molecule has 0 aromatic carbocycles. The van der Waals surface area contributed by atoms with E-state index < -0.39 is 7.60 Å². The van der Waals surface area contributed by atoms with Gasteiger partial charge >= 0.3 is 7.60 Å². The van der Waals surface area contributed by atoms with Crippen molar-refractivity contribution in [3.8, 4) is 0 Å². The molecule has 0 bridgehead atoms. The second-order valence-corrected chi connectivity index (χ2v) is 7.00. The van der Waals surface area contributed by atoms with Crippen molar-refractivity contribution in [2.24, 2.45) is 0 Å². The number of hydrogen-bond donors (Lipinski definition) is 0. The summed E-state index contributed by atoms with van der Waals surface area (Å²) < 4.78 is 26.0. The number of hydrogen-bond acceptors (Lipinski definition) is 6. The van der Waals surface area contributed by atoms with Crippen molar-refractivity contribution in [3.05, 3.63) is 46.6 Å². The largest absolute Gasteiger partial charge is 0.332 e. The Balaban J connectivity index is 1.98. The maximum atomic E-state index is 12.4. The van der Waals surface area contributed by atoms with E-state index in [4.69, 9.17) is 9.05 Å². The van der Waals surface area contributed by atoms with E-state index in [9.17, 15) is 9.36 Å². The highest BCUT2D eigenvalue weighted by atomic mass is 31.2. The molecule has 0 radical (unpaired) electrons. The fraction of sp³-hybridized carbons (Fsp3) is 0.500. The Bertz CT molecular complexity index is 717. The summed E-state index contributed by atoms with van der Waals surface area (Å²) in [6.07, 6.45) is 3.64. The van der Waals surface area contributed by atoms with Crippen molar-refractivity contribution < 1.29 is 13.6 Å². The van der Waals surface area contributed by atoms with Gasteiger partial charge in [0.15, 0.2) is 0 Å². The van der Waals surface area contributed by atoms with Crippen molar-refractivity contribution in [1.82, 2.24) is 19.6 Å². The van der Waals surface area contributed by atoms with E-state index in [0.717, 1.165) is 0 Å². The minimum atomic E-state index is -3.09. The molecule has 0 aliphatic rings. The van der Waals surface area contributed by atoms with Crippen LogP contribution in [0.3, 0.4) is 0 Å². The molecule has 0 N–H and O–H groups in total. The molecule has 0 atom stereocenters. The van der Waals surface area contributed by atoms with Crippen molar-refractivity contribution in [3.63, 3.8) is 0 Å². The molecule has 2 aromatic rings. The van der Waals surface area contributed by atoms with Crippen molar-refractivity contribution >= 4 is 7.60 Å². The first-order valence-corrected chi connectivity index (χ1v) is 9.21. The van der Waals surface area contributed by atoms with Gasteiger partial charge in [0.1, 0.15) is 5.69 Å². The summed E-state index contributed by atoms with van der Waals surface area (Å²) in [6, 6.07) is 4.96. The van der Waals surface area contributed by atoms with Crippen LogP contribution in [0.15, 0.2) is 35.4 Å². The summed E-state index contributed by atoms with van der Waals surface area (Å²) in [4.78, 5) is 11.7. The molecule has 2 rings (SSSR count). The van der Waals surface area contributed by atoms with E-state index in [-0.39, 0.29) is 11.7 Å². The molecule has 0 aliphatic carbocycles. The first-order chi connectivity index (χ1) is 11.1. The van der Waals surface area contributed by atoms with Gasteiger partial charge in [0, 0.05) is 12.3 Å². The Morgan fingerprint density at radius 2 is 1.96 bits per heavy atom. The quantitative estimate of drug-likeness (QED) is 0.646. The maximum Gasteiger partial charge on any atom is 0.332 e. The van der Waals surface area contributed by atoms with E-state index in [0.29, 0.717) is 32.0 Å². The number of aryl methyl sites for hydroxylation is 1. The van der Waals surface area contributed by atoms with Crippen molar-refractivity contribution in [1.29, 1.82) is 0 Å². The second-order valence-electron chi connectivity index (χ2n) is 4.81. The van der Waals surface area contributed by atoms with Gasteiger partial charge in [-0.1, -0.05) is 11.3 Å². The van der Waals surface area contributed by atoms with Gasteiger partial charge in [0.2, 0.25) is 0 Å². The van der Waals surface area contributed by atoms with E-state index >= 15 is 0 Å². The summed E-state index contributed by atoms with van der Waals surface area (Å²) >= 11 is 0. The second kappa shape index (κ2) is 8.19. The van der Waals surface area contributed by atoms with Gasteiger partial charge in [-0.2, -0.15) is 0 Å². The Morgan fingerprint density at radius 1 is 1.22 bits per heavy atom. The van der Waals surface area contributed by atoms with E-state index in [1.807, 2.05) is 0 Å². The number of aromatic nitrogens is 4. The summed E-state index contributed by atoms with van der Waals surface area (Å²) in [5.74, 6) is 0. The molecule has 23 heavy (non-hydrogen) atoms. The third-order valence-electron chi connectivity index (χ3n) is 3.07. The van der Waals surface area contributed by atoms with Crippen LogP contribution in [-0.4, -0.2) is 38.9 Å². The maximum absolute atomic E-state index is 12.4. The fourth-order valence-corrected chi connectivity index (χ4v) is 3.64. The van der Waals surface area contributed by atoms with Gasteiger partial charge in [-0.3, -0.25) is 14.0 Å². The van der Waals surface area contributed by atoms with Gasteiger partial charge in [-0.05, 0) is 19.9 Å². The van der Waals surface area contributed by atoms with E-state index in [1.54, 1.807) is 47.6 Å². The van der Waals surface area contributed by atoms with Gasteiger partial charge < -0.3 is 13.6 Å². The highest BCUT2D eigenvalue weighted by molar-refractivity contribution is 7.53. The highest BCUT2D eigenvalue weighted by Gasteiger charge is 2.23. The first-order valence-electron chi connectivity index (χ1n) is 7.49. The normalized spacial score (nSPS) is 11.7. The smallest absolute Gasteiger partial charge is 0.309 e. The molecule has 9 heteroatoms. The zero-order chi connectivity index (χ0) is 16.7. The van der Waals surface area contributed by atoms with Crippen LogP contribution in [0.25, 0.3) is 0 Å². The molecule has 0 unspecified atom stereocenters. The van der Waals surface area contributed by atoms with Crippen LogP contribution in [-0.2, 0) is 26.7 Å². The molecule has 0 fully saturated rings. The molecular weight excluding hydrogens is 319 g/mol. The number of rotatable bonds is 9. The summed E-state index contributed by atoms with van der Waals surface area (Å²) in [5, 5.41) is 8.01. The Hall–Kier alpha value is -1.76. The first kappa shape index (κ1) is 17.6. The zero-order valence-corrected chi connectivity index (χ0v) is 14.2. The van der Waals surface area contributed by atoms with Gasteiger partial charge in [-0.15, -0.1) is 5.10 Å². The minimum Gasteiger partial charge on any atom is -0.309 e. The summed E-state index contributed by atoms with van der Waals surface area (Å²) in [7, 11) is -3.09. The van der Waals surface area contributed by atoms with Gasteiger partial charge in [0.05, 0.1) is 38.7 Å². The fourth-order valence-electron chi connectivity index (χ4n) is 2.07. The average Bonchev–Trinajstić information content (AvgIpc) is 2.96. The molecular formula is C14H21N4O4P. The topological polar surface area (TPSA) is 88.2 Å².